The van der Waals surface area contributed by atoms with Gasteiger partial charge >= 0.3 is 0 Å². The van der Waals surface area contributed by atoms with E-state index in [1.54, 1.807) is 13.2 Å². The first kappa shape index (κ1) is 13.0. The second kappa shape index (κ2) is 5.55. The molecule has 0 aliphatic heterocycles. The van der Waals surface area contributed by atoms with E-state index in [9.17, 15) is 0 Å². The van der Waals surface area contributed by atoms with Gasteiger partial charge in [-0.3, -0.25) is 0 Å². The van der Waals surface area contributed by atoms with Gasteiger partial charge in [0.05, 0.1) is 18.1 Å². The van der Waals surface area contributed by atoms with Crippen LogP contribution in [0.1, 0.15) is 0 Å². The highest BCUT2D eigenvalue weighted by atomic mass is 16.5. The maximum atomic E-state index is 8.57. The van der Waals surface area contributed by atoms with Gasteiger partial charge in [0.1, 0.15) is 11.9 Å². The average Bonchev–Trinajstić information content (AvgIpc) is 2.96. The van der Waals surface area contributed by atoms with Crippen LogP contribution in [0.3, 0.4) is 0 Å². The molecule has 0 unspecified atom stereocenters. The van der Waals surface area contributed by atoms with Crippen LogP contribution >= 0.6 is 0 Å². The second-order valence-corrected chi connectivity index (χ2v) is 4.41. The van der Waals surface area contributed by atoms with Gasteiger partial charge in [-0.1, -0.05) is 12.1 Å². The van der Waals surface area contributed by atoms with E-state index < -0.39 is 0 Å². The van der Waals surface area contributed by atoms with Crippen molar-refractivity contribution in [3.8, 4) is 29.0 Å². The van der Waals surface area contributed by atoms with Crippen LogP contribution < -0.4 is 9.47 Å². The molecule has 0 spiro atoms. The number of aromatic amines is 1. The molecule has 5 nitrogen and oxygen atoms in total. The van der Waals surface area contributed by atoms with Gasteiger partial charge in [-0.25, -0.2) is 4.98 Å². The van der Waals surface area contributed by atoms with Gasteiger partial charge < -0.3 is 14.5 Å². The molecule has 0 bridgehead atoms. The predicted octanol–water partition coefficient (Wildman–Crippen LogP) is 3.14. The molecule has 1 aromatic heterocycles. The fraction of sp³-hybridized carbons (Fsp3) is 0.125. The quantitative estimate of drug-likeness (QED) is 0.796. The smallest absolute Gasteiger partial charge is 0.174 e. The third-order valence-electron chi connectivity index (χ3n) is 3.12. The molecule has 104 valence electrons. The summed E-state index contributed by atoms with van der Waals surface area (Å²) in [7, 11) is 1.57. The van der Waals surface area contributed by atoms with Crippen molar-refractivity contribution in [2.24, 2.45) is 0 Å². The minimum Gasteiger partial charge on any atom is -0.493 e. The average molecular weight is 279 g/mol. The first-order valence-electron chi connectivity index (χ1n) is 6.44. The maximum absolute atomic E-state index is 8.57. The van der Waals surface area contributed by atoms with E-state index in [-0.39, 0.29) is 6.61 Å². The number of nitrogens with one attached hydrogen (secondary N) is 1. The first-order chi connectivity index (χ1) is 10.3. The Morgan fingerprint density at radius 2 is 2.05 bits per heavy atom. The van der Waals surface area contributed by atoms with Crippen LogP contribution in [0.25, 0.3) is 22.4 Å². The summed E-state index contributed by atoms with van der Waals surface area (Å²) in [5.41, 5.74) is 2.79. The fourth-order valence-corrected chi connectivity index (χ4v) is 2.13. The van der Waals surface area contributed by atoms with E-state index in [1.807, 2.05) is 42.5 Å². The van der Waals surface area contributed by atoms with Crippen molar-refractivity contribution < 1.29 is 9.47 Å². The van der Waals surface area contributed by atoms with Crippen molar-refractivity contribution in [2.45, 2.75) is 0 Å². The standard InChI is InChI=1S/C16H13N3O2/c1-20-15-10-11(6-7-14(15)21-9-8-17)16-18-12-4-2-3-5-13(12)19-16/h2-7,10H,9H2,1H3,(H,18,19). The van der Waals surface area contributed by atoms with E-state index in [0.29, 0.717) is 11.5 Å². The van der Waals surface area contributed by atoms with Crippen molar-refractivity contribution >= 4 is 11.0 Å². The van der Waals surface area contributed by atoms with Crippen LogP contribution in [0.5, 0.6) is 11.5 Å². The molecule has 0 saturated heterocycles. The summed E-state index contributed by atoms with van der Waals surface area (Å²) in [4.78, 5) is 7.81. The number of para-hydroxylation sites is 2. The largest absolute Gasteiger partial charge is 0.493 e. The van der Waals surface area contributed by atoms with Gasteiger partial charge in [-0.2, -0.15) is 5.26 Å². The molecule has 0 atom stereocenters. The van der Waals surface area contributed by atoms with Gasteiger partial charge in [-0.15, -0.1) is 0 Å². The van der Waals surface area contributed by atoms with Gasteiger partial charge in [0.25, 0.3) is 0 Å². The third-order valence-corrected chi connectivity index (χ3v) is 3.12. The Balaban J connectivity index is 2.00. The first-order valence-corrected chi connectivity index (χ1v) is 6.44. The Hall–Kier alpha value is -3.00. The molecule has 0 saturated carbocycles. The summed E-state index contributed by atoms with van der Waals surface area (Å²) in [5, 5.41) is 8.57. The van der Waals surface area contributed by atoms with Gasteiger partial charge in [0.15, 0.2) is 18.1 Å². The van der Waals surface area contributed by atoms with Crippen LogP contribution in [0, 0.1) is 11.3 Å². The van der Waals surface area contributed by atoms with Crippen LogP contribution in [0.2, 0.25) is 0 Å². The summed E-state index contributed by atoms with van der Waals surface area (Å²) in [6.45, 7) is -0.0135. The molecule has 1 heterocycles. The van der Waals surface area contributed by atoms with Crippen molar-refractivity contribution in [1.29, 1.82) is 5.26 Å². The minimum absolute atomic E-state index is 0.0135. The summed E-state index contributed by atoms with van der Waals surface area (Å²) >= 11 is 0. The molecule has 2 aromatic carbocycles. The molecular formula is C16H13N3O2. The zero-order valence-electron chi connectivity index (χ0n) is 11.5. The molecule has 0 radical (unpaired) electrons. The normalized spacial score (nSPS) is 10.3. The van der Waals surface area contributed by atoms with E-state index in [1.165, 1.54) is 0 Å². The fourth-order valence-electron chi connectivity index (χ4n) is 2.13. The zero-order valence-corrected chi connectivity index (χ0v) is 11.5. The number of benzene rings is 2. The number of rotatable bonds is 4. The highest BCUT2D eigenvalue weighted by molar-refractivity contribution is 5.79. The van der Waals surface area contributed by atoms with E-state index in [0.717, 1.165) is 22.4 Å². The number of ether oxygens (including phenoxy) is 2. The lowest BCUT2D eigenvalue weighted by atomic mass is 10.2. The lowest BCUT2D eigenvalue weighted by molar-refractivity contribution is 0.330. The number of H-pyrrole nitrogens is 1. The number of aromatic nitrogens is 2. The Morgan fingerprint density at radius 1 is 1.19 bits per heavy atom. The van der Waals surface area contributed by atoms with Crippen molar-refractivity contribution in [2.75, 3.05) is 13.7 Å². The zero-order chi connectivity index (χ0) is 14.7. The molecule has 21 heavy (non-hydrogen) atoms. The van der Waals surface area contributed by atoms with E-state index in [4.69, 9.17) is 14.7 Å². The number of nitrogens with zero attached hydrogens (tertiary/aromatic N) is 2. The molecule has 0 aliphatic rings. The van der Waals surface area contributed by atoms with E-state index >= 15 is 0 Å². The second-order valence-electron chi connectivity index (χ2n) is 4.41. The lowest BCUT2D eigenvalue weighted by Gasteiger charge is -2.09. The minimum atomic E-state index is -0.0135. The number of imidazole rings is 1. The van der Waals surface area contributed by atoms with Crippen LogP contribution in [0.15, 0.2) is 42.5 Å². The molecule has 0 amide bonds. The Labute approximate surface area is 121 Å². The molecule has 5 heteroatoms. The number of fused-ring (bicyclic) bond motifs is 1. The molecule has 3 aromatic rings. The molecule has 0 aliphatic carbocycles. The summed E-state index contributed by atoms with van der Waals surface area (Å²) < 4.78 is 10.6. The number of hydrogen-bond acceptors (Lipinski definition) is 4. The highest BCUT2D eigenvalue weighted by Gasteiger charge is 2.10. The number of hydrogen-bond donors (Lipinski definition) is 1. The maximum Gasteiger partial charge on any atom is 0.174 e. The Kier molecular flexibility index (Phi) is 3.44. The highest BCUT2D eigenvalue weighted by Crippen LogP contribution is 2.32. The third kappa shape index (κ3) is 2.51. The van der Waals surface area contributed by atoms with Crippen LogP contribution in [-0.2, 0) is 0 Å². The topological polar surface area (TPSA) is 70.9 Å². The Morgan fingerprint density at radius 3 is 2.81 bits per heavy atom. The SMILES string of the molecule is COc1cc(-c2nc3ccccc3[nH]2)ccc1OCC#N. The van der Waals surface area contributed by atoms with Crippen LogP contribution in [0.4, 0.5) is 0 Å². The number of methoxy groups -OCH3 is 1. The molecule has 1 N–H and O–H groups in total. The molecule has 3 rings (SSSR count). The van der Waals surface area contributed by atoms with Crippen molar-refractivity contribution in [3.05, 3.63) is 42.5 Å². The summed E-state index contributed by atoms with van der Waals surface area (Å²) in [6, 6.07) is 15.3. The lowest BCUT2D eigenvalue weighted by Crippen LogP contribution is -1.97. The number of nitriles is 1. The summed E-state index contributed by atoms with van der Waals surface area (Å²) in [5.74, 6) is 1.88. The summed E-state index contributed by atoms with van der Waals surface area (Å²) in [6.07, 6.45) is 0. The van der Waals surface area contributed by atoms with Crippen LogP contribution in [-0.4, -0.2) is 23.7 Å². The van der Waals surface area contributed by atoms with Gasteiger partial charge in [0.2, 0.25) is 0 Å². The molecular weight excluding hydrogens is 266 g/mol. The van der Waals surface area contributed by atoms with Gasteiger partial charge in [-0.05, 0) is 30.3 Å². The monoisotopic (exact) mass is 279 g/mol. The van der Waals surface area contributed by atoms with Crippen molar-refractivity contribution in [3.63, 3.8) is 0 Å². The van der Waals surface area contributed by atoms with Crippen molar-refractivity contribution in [1.82, 2.24) is 9.97 Å². The Bertz CT molecular complexity index is 785. The van der Waals surface area contributed by atoms with Gasteiger partial charge in [0, 0.05) is 5.56 Å². The van der Waals surface area contributed by atoms with E-state index in [2.05, 4.69) is 9.97 Å². The molecule has 0 fully saturated rings. The predicted molar refractivity (Wildman–Crippen MR) is 79.2 cm³/mol.